The molecule has 0 aliphatic carbocycles. The van der Waals surface area contributed by atoms with Crippen molar-refractivity contribution in [2.75, 3.05) is 25.5 Å². The first-order valence-corrected chi connectivity index (χ1v) is 7.46. The van der Waals surface area contributed by atoms with Gasteiger partial charge in [-0.05, 0) is 42.4 Å². The molecule has 1 N–H and O–H groups in total. The second-order valence-electron chi connectivity index (χ2n) is 4.86. The molecule has 0 radical (unpaired) electrons. The smallest absolute Gasteiger partial charge is 0.131 e. The second-order valence-corrected chi connectivity index (χ2v) is 5.67. The molecule has 4 nitrogen and oxygen atoms in total. The van der Waals surface area contributed by atoms with Crippen LogP contribution in [-0.2, 0) is 6.42 Å². The molecule has 5 heteroatoms. The summed E-state index contributed by atoms with van der Waals surface area (Å²) in [7, 11) is 2.21. The van der Waals surface area contributed by atoms with Gasteiger partial charge in [-0.3, -0.25) is 0 Å². The highest BCUT2D eigenvalue weighted by atomic mass is 79.9. The van der Waals surface area contributed by atoms with Gasteiger partial charge >= 0.3 is 0 Å². The molecule has 2 rings (SSSR count). The molecule has 1 atom stereocenters. The summed E-state index contributed by atoms with van der Waals surface area (Å²) >= 11 is 3.43. The van der Waals surface area contributed by atoms with E-state index in [9.17, 15) is 0 Å². The summed E-state index contributed by atoms with van der Waals surface area (Å²) in [5.74, 6) is 1.80. The lowest BCUT2D eigenvalue weighted by Crippen LogP contribution is -2.40. The van der Waals surface area contributed by atoms with Gasteiger partial charge in [0.2, 0.25) is 0 Å². The van der Waals surface area contributed by atoms with Crippen molar-refractivity contribution < 1.29 is 0 Å². The van der Waals surface area contributed by atoms with E-state index < -0.39 is 0 Å². The SMILES string of the molecule is CCc1nc(Br)cc(NCC2CCCCN2C)n1. The molecule has 1 unspecified atom stereocenters. The van der Waals surface area contributed by atoms with Crippen molar-refractivity contribution in [3.05, 3.63) is 16.5 Å². The fraction of sp³-hybridized carbons (Fsp3) is 0.692. The van der Waals surface area contributed by atoms with E-state index in [-0.39, 0.29) is 0 Å². The molecule has 0 spiro atoms. The number of anilines is 1. The summed E-state index contributed by atoms with van der Waals surface area (Å²) in [4.78, 5) is 11.2. The van der Waals surface area contributed by atoms with Crippen LogP contribution in [-0.4, -0.2) is 41.0 Å². The number of hydrogen-bond acceptors (Lipinski definition) is 4. The molecular formula is C13H21BrN4. The normalized spacial score (nSPS) is 20.9. The van der Waals surface area contributed by atoms with E-state index in [0.717, 1.165) is 29.2 Å². The second kappa shape index (κ2) is 6.48. The minimum absolute atomic E-state index is 0.623. The van der Waals surface area contributed by atoms with Crippen molar-refractivity contribution in [3.8, 4) is 0 Å². The number of likely N-dealkylation sites (tertiary alicyclic amines) is 1. The Balaban J connectivity index is 1.94. The molecule has 1 saturated heterocycles. The number of hydrogen-bond donors (Lipinski definition) is 1. The predicted octanol–water partition coefficient (Wildman–Crippen LogP) is 2.70. The van der Waals surface area contributed by atoms with Crippen LogP contribution in [0.4, 0.5) is 5.82 Å². The molecule has 0 saturated carbocycles. The largest absolute Gasteiger partial charge is 0.368 e. The maximum absolute atomic E-state index is 4.49. The zero-order valence-electron chi connectivity index (χ0n) is 11.1. The number of nitrogens with one attached hydrogen (secondary N) is 1. The summed E-state index contributed by atoms with van der Waals surface area (Å²) in [5, 5.41) is 3.44. The van der Waals surface area contributed by atoms with Crippen LogP contribution in [0.25, 0.3) is 0 Å². The first-order chi connectivity index (χ1) is 8.69. The number of piperidine rings is 1. The minimum atomic E-state index is 0.623. The first kappa shape index (κ1) is 13.7. The summed E-state index contributed by atoms with van der Waals surface area (Å²) in [6.07, 6.45) is 4.80. The third kappa shape index (κ3) is 3.65. The first-order valence-electron chi connectivity index (χ1n) is 6.66. The van der Waals surface area contributed by atoms with Gasteiger partial charge in [-0.2, -0.15) is 0 Å². The van der Waals surface area contributed by atoms with Crippen molar-refractivity contribution in [2.24, 2.45) is 0 Å². The topological polar surface area (TPSA) is 41.1 Å². The Morgan fingerprint density at radius 1 is 1.44 bits per heavy atom. The third-order valence-corrected chi connectivity index (χ3v) is 3.90. The summed E-state index contributed by atoms with van der Waals surface area (Å²) < 4.78 is 0.855. The molecule has 2 heterocycles. The molecule has 0 amide bonds. The van der Waals surface area contributed by atoms with Crippen molar-refractivity contribution >= 4 is 21.7 Å². The quantitative estimate of drug-likeness (QED) is 0.868. The molecule has 0 aromatic carbocycles. The lowest BCUT2D eigenvalue weighted by molar-refractivity contribution is 0.194. The van der Waals surface area contributed by atoms with E-state index in [2.05, 4.69) is 50.1 Å². The van der Waals surface area contributed by atoms with Gasteiger partial charge in [-0.25, -0.2) is 9.97 Å². The van der Waals surface area contributed by atoms with Gasteiger partial charge in [0, 0.05) is 25.1 Å². The van der Waals surface area contributed by atoms with E-state index in [1.165, 1.54) is 25.8 Å². The van der Waals surface area contributed by atoms with Crippen LogP contribution >= 0.6 is 15.9 Å². The van der Waals surface area contributed by atoms with Crippen molar-refractivity contribution in [1.82, 2.24) is 14.9 Å². The molecule has 1 aliphatic heterocycles. The highest BCUT2D eigenvalue weighted by Crippen LogP contribution is 2.17. The molecule has 1 fully saturated rings. The Morgan fingerprint density at radius 3 is 3.00 bits per heavy atom. The average Bonchev–Trinajstić information content (AvgIpc) is 2.37. The molecule has 100 valence electrons. The number of likely N-dealkylation sites (N-methyl/N-ethyl adjacent to an activating group) is 1. The van der Waals surface area contributed by atoms with Gasteiger partial charge in [0.1, 0.15) is 16.2 Å². The van der Waals surface area contributed by atoms with Crippen LogP contribution in [0.5, 0.6) is 0 Å². The van der Waals surface area contributed by atoms with Crippen LogP contribution in [0.2, 0.25) is 0 Å². The van der Waals surface area contributed by atoms with Gasteiger partial charge in [-0.1, -0.05) is 13.3 Å². The Morgan fingerprint density at radius 2 is 2.28 bits per heavy atom. The van der Waals surface area contributed by atoms with Gasteiger partial charge in [-0.15, -0.1) is 0 Å². The van der Waals surface area contributed by atoms with E-state index >= 15 is 0 Å². The Labute approximate surface area is 117 Å². The zero-order chi connectivity index (χ0) is 13.0. The lowest BCUT2D eigenvalue weighted by Gasteiger charge is -2.32. The number of rotatable bonds is 4. The van der Waals surface area contributed by atoms with Crippen LogP contribution in [0.15, 0.2) is 10.7 Å². The minimum Gasteiger partial charge on any atom is -0.368 e. The van der Waals surface area contributed by atoms with E-state index in [1.807, 2.05) is 6.07 Å². The predicted molar refractivity (Wildman–Crippen MR) is 77.9 cm³/mol. The highest BCUT2D eigenvalue weighted by Gasteiger charge is 2.18. The Kier molecular flexibility index (Phi) is 4.95. The molecular weight excluding hydrogens is 292 g/mol. The zero-order valence-corrected chi connectivity index (χ0v) is 12.7. The molecule has 1 aromatic heterocycles. The van der Waals surface area contributed by atoms with Gasteiger partial charge < -0.3 is 10.2 Å². The Bertz CT molecular complexity index is 397. The number of aryl methyl sites for hydroxylation is 1. The van der Waals surface area contributed by atoms with Crippen LogP contribution < -0.4 is 5.32 Å². The molecule has 18 heavy (non-hydrogen) atoms. The van der Waals surface area contributed by atoms with Crippen LogP contribution in [0.1, 0.15) is 32.0 Å². The number of nitrogens with zero attached hydrogens (tertiary/aromatic N) is 3. The van der Waals surface area contributed by atoms with E-state index in [4.69, 9.17) is 0 Å². The average molecular weight is 313 g/mol. The summed E-state index contributed by atoms with van der Waals surface area (Å²) in [6.45, 7) is 4.24. The fourth-order valence-corrected chi connectivity index (χ4v) is 2.76. The van der Waals surface area contributed by atoms with Crippen molar-refractivity contribution in [2.45, 2.75) is 38.6 Å². The van der Waals surface area contributed by atoms with Crippen molar-refractivity contribution in [1.29, 1.82) is 0 Å². The Hall–Kier alpha value is -0.680. The fourth-order valence-electron chi connectivity index (χ4n) is 2.34. The van der Waals surface area contributed by atoms with E-state index in [1.54, 1.807) is 0 Å². The van der Waals surface area contributed by atoms with Gasteiger partial charge in [0.25, 0.3) is 0 Å². The van der Waals surface area contributed by atoms with Crippen LogP contribution in [0.3, 0.4) is 0 Å². The van der Waals surface area contributed by atoms with E-state index in [0.29, 0.717) is 6.04 Å². The third-order valence-electron chi connectivity index (χ3n) is 3.50. The maximum Gasteiger partial charge on any atom is 0.131 e. The highest BCUT2D eigenvalue weighted by molar-refractivity contribution is 9.10. The van der Waals surface area contributed by atoms with Gasteiger partial charge in [0.05, 0.1) is 0 Å². The number of aromatic nitrogens is 2. The summed E-state index contributed by atoms with van der Waals surface area (Å²) in [6, 6.07) is 2.57. The van der Waals surface area contributed by atoms with Crippen LogP contribution in [0, 0.1) is 0 Å². The maximum atomic E-state index is 4.49. The van der Waals surface area contributed by atoms with Gasteiger partial charge in [0.15, 0.2) is 0 Å². The lowest BCUT2D eigenvalue weighted by atomic mass is 10.0. The van der Waals surface area contributed by atoms with Crippen molar-refractivity contribution in [3.63, 3.8) is 0 Å². The standard InChI is InChI=1S/C13H21BrN4/c1-3-12-16-11(14)8-13(17-12)15-9-10-6-4-5-7-18(10)2/h8,10H,3-7,9H2,1-2H3,(H,15,16,17). The molecule has 1 aliphatic rings. The molecule has 1 aromatic rings. The monoisotopic (exact) mass is 312 g/mol. The number of halogens is 1. The molecule has 0 bridgehead atoms. The summed E-state index contributed by atoms with van der Waals surface area (Å²) in [5.41, 5.74) is 0.